The van der Waals surface area contributed by atoms with Crippen LogP contribution in [-0.2, 0) is 4.79 Å². The minimum absolute atomic E-state index is 0.00147. The van der Waals surface area contributed by atoms with Gasteiger partial charge < -0.3 is 10.6 Å². The molecule has 0 aromatic heterocycles. The van der Waals surface area contributed by atoms with Gasteiger partial charge in [-0.1, -0.05) is 11.6 Å². The van der Waals surface area contributed by atoms with E-state index in [1.807, 2.05) is 0 Å². The molecule has 1 aromatic carbocycles. The number of halogens is 1. The molecule has 1 fully saturated rings. The van der Waals surface area contributed by atoms with Crippen LogP contribution in [0.2, 0.25) is 5.02 Å². The van der Waals surface area contributed by atoms with Crippen molar-refractivity contribution in [1.29, 1.82) is 0 Å². The third-order valence-corrected chi connectivity index (χ3v) is 3.25. The number of hydrogen-bond donors (Lipinski definition) is 2. The monoisotopic (exact) mass is 281 g/mol. The summed E-state index contributed by atoms with van der Waals surface area (Å²) < 4.78 is 0. The fourth-order valence-electron chi connectivity index (χ4n) is 1.63. The average molecular weight is 282 g/mol. The minimum Gasteiger partial charge on any atom is -0.322 e. The van der Waals surface area contributed by atoms with E-state index in [-0.39, 0.29) is 16.6 Å². The van der Waals surface area contributed by atoms with Crippen LogP contribution in [0.4, 0.5) is 11.4 Å². The van der Waals surface area contributed by atoms with Gasteiger partial charge >= 0.3 is 0 Å². The van der Waals surface area contributed by atoms with Gasteiger partial charge in [-0.3, -0.25) is 14.9 Å². The molecule has 100 valence electrons. The van der Waals surface area contributed by atoms with Gasteiger partial charge in [0.1, 0.15) is 5.02 Å². The third kappa shape index (κ3) is 2.91. The molecule has 0 bridgehead atoms. The lowest BCUT2D eigenvalue weighted by atomic mass is 10.0. The summed E-state index contributed by atoms with van der Waals surface area (Å²) in [6, 6.07) is 4.10. The fourth-order valence-corrected chi connectivity index (χ4v) is 1.88. The number of anilines is 1. The molecule has 0 saturated carbocycles. The van der Waals surface area contributed by atoms with E-state index in [0.717, 1.165) is 18.7 Å². The number of benzene rings is 1. The Balaban J connectivity index is 2.13. The Hall–Kier alpha value is -1.92. The first-order valence-electron chi connectivity index (χ1n) is 5.63. The van der Waals surface area contributed by atoms with Gasteiger partial charge in [0.25, 0.3) is 11.6 Å². The number of carbonyl (C=O) groups excluding carboxylic acids is 1. The van der Waals surface area contributed by atoms with Crippen LogP contribution in [-0.4, -0.2) is 23.9 Å². The second kappa shape index (κ2) is 5.38. The summed E-state index contributed by atoms with van der Waals surface area (Å²) in [5.74, 6) is -0.221. The van der Waals surface area contributed by atoms with Gasteiger partial charge in [-0.05, 0) is 24.6 Å². The maximum atomic E-state index is 11.9. The SMILES string of the molecule is CC(C(=O)Nc1ccc([N+](=O)[O-])c(Cl)c1)=C1CNC1. The van der Waals surface area contributed by atoms with Crippen LogP contribution in [0.1, 0.15) is 6.92 Å². The molecule has 2 N–H and O–H groups in total. The molecule has 19 heavy (non-hydrogen) atoms. The summed E-state index contributed by atoms with van der Waals surface area (Å²) in [5.41, 5.74) is 1.98. The van der Waals surface area contributed by atoms with Crippen molar-refractivity contribution in [1.82, 2.24) is 5.32 Å². The average Bonchev–Trinajstić information content (AvgIpc) is 2.25. The van der Waals surface area contributed by atoms with Crippen molar-refractivity contribution in [3.63, 3.8) is 0 Å². The number of nitro groups is 1. The van der Waals surface area contributed by atoms with E-state index in [2.05, 4.69) is 10.6 Å². The van der Waals surface area contributed by atoms with Crippen LogP contribution >= 0.6 is 11.6 Å². The van der Waals surface area contributed by atoms with Crippen molar-refractivity contribution in [2.45, 2.75) is 6.92 Å². The molecule has 1 heterocycles. The Labute approximate surface area is 114 Å². The molecule has 1 amide bonds. The Kier molecular flexibility index (Phi) is 3.82. The number of rotatable bonds is 3. The Morgan fingerprint density at radius 1 is 1.47 bits per heavy atom. The second-order valence-electron chi connectivity index (χ2n) is 4.21. The van der Waals surface area contributed by atoms with Gasteiger partial charge in [0.05, 0.1) is 4.92 Å². The van der Waals surface area contributed by atoms with E-state index in [1.54, 1.807) is 6.92 Å². The predicted molar refractivity (Wildman–Crippen MR) is 72.3 cm³/mol. The highest BCUT2D eigenvalue weighted by atomic mass is 35.5. The van der Waals surface area contributed by atoms with Gasteiger partial charge in [0.2, 0.25) is 0 Å². The first kappa shape index (κ1) is 13.5. The molecule has 2 rings (SSSR count). The van der Waals surface area contributed by atoms with Gasteiger partial charge in [-0.15, -0.1) is 0 Å². The van der Waals surface area contributed by atoms with Crippen LogP contribution in [0, 0.1) is 10.1 Å². The number of amides is 1. The number of carbonyl (C=O) groups is 1. The maximum Gasteiger partial charge on any atom is 0.288 e. The Morgan fingerprint density at radius 2 is 2.16 bits per heavy atom. The Bertz CT molecular complexity index is 578. The first-order chi connectivity index (χ1) is 8.99. The molecular formula is C12H12ClN3O3. The summed E-state index contributed by atoms with van der Waals surface area (Å²) in [4.78, 5) is 22.0. The van der Waals surface area contributed by atoms with Crippen molar-refractivity contribution < 1.29 is 9.72 Å². The van der Waals surface area contributed by atoms with Crippen LogP contribution in [0.3, 0.4) is 0 Å². The largest absolute Gasteiger partial charge is 0.322 e. The standard InChI is InChI=1S/C12H12ClN3O3/c1-7(8-5-14-6-8)12(17)15-9-2-3-11(16(18)19)10(13)4-9/h2-4,14H,5-6H2,1H3,(H,15,17). The van der Waals surface area contributed by atoms with E-state index in [4.69, 9.17) is 11.6 Å². The van der Waals surface area contributed by atoms with Crippen LogP contribution in [0.25, 0.3) is 0 Å². The predicted octanol–water partition coefficient (Wildman–Crippen LogP) is 2.11. The fraction of sp³-hybridized carbons (Fsp3) is 0.250. The lowest BCUT2D eigenvalue weighted by Gasteiger charge is -2.21. The summed E-state index contributed by atoms with van der Waals surface area (Å²) in [7, 11) is 0. The smallest absolute Gasteiger partial charge is 0.288 e. The Morgan fingerprint density at radius 3 is 2.63 bits per heavy atom. The highest BCUT2D eigenvalue weighted by molar-refractivity contribution is 6.33. The van der Waals surface area contributed by atoms with E-state index < -0.39 is 4.92 Å². The number of nitrogens with one attached hydrogen (secondary N) is 2. The van der Waals surface area contributed by atoms with Gasteiger partial charge in [-0.25, -0.2) is 0 Å². The molecule has 1 aliphatic heterocycles. The summed E-state index contributed by atoms with van der Waals surface area (Å²) >= 11 is 5.77. The number of nitrogens with zero attached hydrogens (tertiary/aromatic N) is 1. The summed E-state index contributed by atoms with van der Waals surface area (Å²) in [5, 5.41) is 16.3. The molecule has 0 aliphatic carbocycles. The number of hydrogen-bond acceptors (Lipinski definition) is 4. The second-order valence-corrected chi connectivity index (χ2v) is 4.62. The van der Waals surface area contributed by atoms with E-state index in [0.29, 0.717) is 11.3 Å². The molecule has 1 aliphatic rings. The topological polar surface area (TPSA) is 84.3 Å². The van der Waals surface area contributed by atoms with Gasteiger partial charge in [-0.2, -0.15) is 0 Å². The van der Waals surface area contributed by atoms with Gasteiger partial charge in [0, 0.05) is 30.4 Å². The van der Waals surface area contributed by atoms with Crippen LogP contribution in [0.15, 0.2) is 29.3 Å². The molecule has 0 unspecified atom stereocenters. The summed E-state index contributed by atoms with van der Waals surface area (Å²) in [6.45, 7) is 3.19. The van der Waals surface area contributed by atoms with Crippen molar-refractivity contribution in [3.05, 3.63) is 44.5 Å². The van der Waals surface area contributed by atoms with Crippen LogP contribution in [0.5, 0.6) is 0 Å². The minimum atomic E-state index is -0.568. The zero-order chi connectivity index (χ0) is 14.0. The molecule has 1 saturated heterocycles. The number of nitro benzene ring substituents is 1. The zero-order valence-corrected chi connectivity index (χ0v) is 11.0. The van der Waals surface area contributed by atoms with E-state index in [9.17, 15) is 14.9 Å². The van der Waals surface area contributed by atoms with Crippen molar-refractivity contribution in [2.75, 3.05) is 18.4 Å². The molecular weight excluding hydrogens is 270 g/mol. The summed E-state index contributed by atoms with van der Waals surface area (Å²) in [6.07, 6.45) is 0. The lowest BCUT2D eigenvalue weighted by Crippen LogP contribution is -2.36. The van der Waals surface area contributed by atoms with Crippen molar-refractivity contribution in [3.8, 4) is 0 Å². The normalized spacial score (nSPS) is 13.7. The molecule has 0 atom stereocenters. The highest BCUT2D eigenvalue weighted by Gasteiger charge is 2.17. The van der Waals surface area contributed by atoms with Crippen molar-refractivity contribution >= 4 is 28.9 Å². The molecule has 7 heteroatoms. The first-order valence-corrected chi connectivity index (χ1v) is 6.01. The van der Waals surface area contributed by atoms with Crippen molar-refractivity contribution in [2.24, 2.45) is 0 Å². The van der Waals surface area contributed by atoms with E-state index >= 15 is 0 Å². The lowest BCUT2D eigenvalue weighted by molar-refractivity contribution is -0.384. The van der Waals surface area contributed by atoms with Crippen LogP contribution < -0.4 is 10.6 Å². The quantitative estimate of drug-likeness (QED) is 0.505. The van der Waals surface area contributed by atoms with Gasteiger partial charge in [0.15, 0.2) is 0 Å². The molecule has 0 spiro atoms. The van der Waals surface area contributed by atoms with E-state index in [1.165, 1.54) is 18.2 Å². The molecule has 6 nitrogen and oxygen atoms in total. The maximum absolute atomic E-state index is 11.9. The zero-order valence-electron chi connectivity index (χ0n) is 10.2. The molecule has 1 aromatic rings. The third-order valence-electron chi connectivity index (χ3n) is 2.95. The highest BCUT2D eigenvalue weighted by Crippen LogP contribution is 2.27. The molecule has 0 radical (unpaired) electrons.